The van der Waals surface area contributed by atoms with Gasteiger partial charge in [-0.05, 0) is 51.8 Å². The van der Waals surface area contributed by atoms with Crippen molar-refractivity contribution < 1.29 is 9.59 Å². The molecule has 5 nitrogen and oxygen atoms in total. The first-order valence-electron chi connectivity index (χ1n) is 8.06. The maximum absolute atomic E-state index is 13.2. The van der Waals surface area contributed by atoms with E-state index in [1.165, 1.54) is 4.90 Å². The van der Waals surface area contributed by atoms with Crippen LogP contribution < -0.4 is 4.90 Å². The molecule has 1 spiro atoms. The smallest absolute Gasteiger partial charge is 0.278 e. The van der Waals surface area contributed by atoms with Crippen molar-refractivity contribution in [2.75, 3.05) is 25.0 Å². The Bertz CT molecular complexity index is 680. The number of benzene rings is 1. The lowest BCUT2D eigenvalue weighted by atomic mass is 9.84. The second kappa shape index (κ2) is 5.57. The van der Waals surface area contributed by atoms with Crippen LogP contribution in [0.1, 0.15) is 30.9 Å². The van der Waals surface area contributed by atoms with Gasteiger partial charge in [-0.2, -0.15) is 0 Å². The van der Waals surface area contributed by atoms with Gasteiger partial charge >= 0.3 is 0 Å². The quantitative estimate of drug-likeness (QED) is 0.746. The van der Waals surface area contributed by atoms with Gasteiger partial charge in [-0.3, -0.25) is 14.6 Å². The van der Waals surface area contributed by atoms with E-state index in [-0.39, 0.29) is 11.8 Å². The number of hydrogen-bond donors (Lipinski definition) is 0. The minimum absolute atomic E-state index is 0.168. The molecule has 0 aromatic heterocycles. The Hall–Kier alpha value is -2.01. The van der Waals surface area contributed by atoms with Crippen LogP contribution in [0.2, 0.25) is 0 Å². The summed E-state index contributed by atoms with van der Waals surface area (Å²) in [6, 6.07) is 5.82. The summed E-state index contributed by atoms with van der Waals surface area (Å²) in [6.45, 7) is 7.22. The van der Waals surface area contributed by atoms with Gasteiger partial charge in [0, 0.05) is 13.1 Å². The SMILES string of the molecule is CC1=NC2(CCN(C)CC2)C(=O)N(c2c(C)cccc2C)C1=O. The van der Waals surface area contributed by atoms with E-state index >= 15 is 0 Å². The summed E-state index contributed by atoms with van der Waals surface area (Å²) in [5.74, 6) is -0.462. The molecule has 5 heteroatoms. The summed E-state index contributed by atoms with van der Waals surface area (Å²) >= 11 is 0. The Morgan fingerprint density at radius 2 is 1.61 bits per heavy atom. The van der Waals surface area contributed by atoms with Crippen molar-refractivity contribution in [3.63, 3.8) is 0 Å². The van der Waals surface area contributed by atoms with Crippen LogP contribution in [0.3, 0.4) is 0 Å². The molecule has 23 heavy (non-hydrogen) atoms. The molecule has 1 saturated heterocycles. The molecular formula is C18H23N3O2. The van der Waals surface area contributed by atoms with Gasteiger partial charge < -0.3 is 4.90 Å². The summed E-state index contributed by atoms with van der Waals surface area (Å²) in [5.41, 5.74) is 2.24. The lowest BCUT2D eigenvalue weighted by Gasteiger charge is -2.42. The van der Waals surface area contributed by atoms with E-state index in [2.05, 4.69) is 9.89 Å². The van der Waals surface area contributed by atoms with Gasteiger partial charge in [-0.1, -0.05) is 18.2 Å². The summed E-state index contributed by atoms with van der Waals surface area (Å²) in [6.07, 6.45) is 1.32. The topological polar surface area (TPSA) is 53.0 Å². The van der Waals surface area contributed by atoms with Crippen molar-refractivity contribution in [1.29, 1.82) is 0 Å². The van der Waals surface area contributed by atoms with Gasteiger partial charge in [0.1, 0.15) is 5.54 Å². The average molecular weight is 313 g/mol. The standard InChI is InChI=1S/C18H23N3O2/c1-12-6-5-7-13(2)15(12)21-16(22)14(3)19-18(17(21)23)8-10-20(4)11-9-18/h5-7H,8-11H2,1-4H3. The van der Waals surface area contributed by atoms with Crippen LogP contribution in [-0.4, -0.2) is 48.1 Å². The van der Waals surface area contributed by atoms with Crippen LogP contribution in [0, 0.1) is 13.8 Å². The van der Waals surface area contributed by atoms with Gasteiger partial charge in [0.25, 0.3) is 11.8 Å². The highest BCUT2D eigenvalue weighted by molar-refractivity contribution is 6.50. The Morgan fingerprint density at radius 1 is 1.04 bits per heavy atom. The monoisotopic (exact) mass is 313 g/mol. The molecule has 2 aliphatic heterocycles. The number of amides is 2. The molecule has 2 aliphatic rings. The molecule has 0 saturated carbocycles. The average Bonchev–Trinajstić information content (AvgIpc) is 2.51. The molecule has 0 unspecified atom stereocenters. The second-order valence-corrected chi connectivity index (χ2v) is 6.72. The van der Waals surface area contributed by atoms with Gasteiger partial charge in [-0.15, -0.1) is 0 Å². The largest absolute Gasteiger partial charge is 0.306 e. The number of para-hydroxylation sites is 1. The van der Waals surface area contributed by atoms with Crippen molar-refractivity contribution in [3.05, 3.63) is 29.3 Å². The maximum Gasteiger partial charge on any atom is 0.278 e. The highest BCUT2D eigenvalue weighted by Crippen LogP contribution is 2.36. The minimum atomic E-state index is -0.779. The summed E-state index contributed by atoms with van der Waals surface area (Å²) in [5, 5.41) is 0. The fourth-order valence-electron chi connectivity index (χ4n) is 3.55. The molecular weight excluding hydrogens is 290 g/mol. The van der Waals surface area contributed by atoms with Crippen molar-refractivity contribution in [2.24, 2.45) is 4.99 Å². The van der Waals surface area contributed by atoms with Crippen LogP contribution in [0.5, 0.6) is 0 Å². The first-order valence-corrected chi connectivity index (χ1v) is 8.06. The molecule has 0 aliphatic carbocycles. The van der Waals surface area contributed by atoms with Crippen LogP contribution >= 0.6 is 0 Å². The number of piperidine rings is 1. The number of likely N-dealkylation sites (tertiary alicyclic amines) is 1. The highest BCUT2D eigenvalue weighted by Gasteiger charge is 2.49. The van der Waals surface area contributed by atoms with Crippen LogP contribution in [0.4, 0.5) is 5.69 Å². The lowest BCUT2D eigenvalue weighted by Crippen LogP contribution is -2.60. The van der Waals surface area contributed by atoms with Crippen LogP contribution in [-0.2, 0) is 9.59 Å². The molecule has 0 bridgehead atoms. The van der Waals surface area contributed by atoms with Gasteiger partial charge in [0.05, 0.1) is 11.4 Å². The predicted octanol–water partition coefficient (Wildman–Crippen LogP) is 2.10. The first kappa shape index (κ1) is 15.9. The minimum Gasteiger partial charge on any atom is -0.306 e. The molecule has 1 aromatic carbocycles. The zero-order chi connectivity index (χ0) is 16.8. The summed E-state index contributed by atoms with van der Waals surface area (Å²) < 4.78 is 0. The summed E-state index contributed by atoms with van der Waals surface area (Å²) in [7, 11) is 2.05. The van der Waals surface area contributed by atoms with Gasteiger partial charge in [-0.25, -0.2) is 4.90 Å². The molecule has 1 aromatic rings. The summed E-state index contributed by atoms with van der Waals surface area (Å²) in [4.78, 5) is 34.1. The molecule has 1 fully saturated rings. The lowest BCUT2D eigenvalue weighted by molar-refractivity contribution is -0.129. The normalized spacial score (nSPS) is 21.7. The number of nitrogens with zero attached hydrogens (tertiary/aromatic N) is 3. The van der Waals surface area contributed by atoms with E-state index in [4.69, 9.17) is 0 Å². The molecule has 2 heterocycles. The molecule has 3 rings (SSSR count). The highest BCUT2D eigenvalue weighted by atomic mass is 16.2. The fraction of sp³-hybridized carbons (Fsp3) is 0.500. The van der Waals surface area contributed by atoms with Gasteiger partial charge in [0.15, 0.2) is 0 Å². The van der Waals surface area contributed by atoms with Crippen molar-refractivity contribution >= 4 is 23.2 Å². The molecule has 0 radical (unpaired) electrons. The Kier molecular flexibility index (Phi) is 3.84. The van der Waals surface area contributed by atoms with E-state index in [1.807, 2.05) is 39.1 Å². The van der Waals surface area contributed by atoms with Crippen molar-refractivity contribution in [3.8, 4) is 0 Å². The van der Waals surface area contributed by atoms with Crippen molar-refractivity contribution in [2.45, 2.75) is 39.2 Å². The molecule has 2 amide bonds. The van der Waals surface area contributed by atoms with Crippen LogP contribution in [0.25, 0.3) is 0 Å². The molecule has 122 valence electrons. The van der Waals surface area contributed by atoms with Crippen LogP contribution in [0.15, 0.2) is 23.2 Å². The fourth-order valence-corrected chi connectivity index (χ4v) is 3.55. The van der Waals surface area contributed by atoms with Gasteiger partial charge in [0.2, 0.25) is 0 Å². The number of aryl methyl sites for hydroxylation is 2. The third-order valence-corrected chi connectivity index (χ3v) is 4.97. The number of carbonyl (C=O) groups excluding carboxylic acids is 2. The number of carbonyl (C=O) groups is 2. The third kappa shape index (κ3) is 2.49. The Morgan fingerprint density at radius 3 is 2.17 bits per heavy atom. The zero-order valence-electron chi connectivity index (χ0n) is 14.2. The third-order valence-electron chi connectivity index (χ3n) is 4.97. The Balaban J connectivity index is 2.10. The van der Waals surface area contributed by atoms with E-state index in [0.29, 0.717) is 18.6 Å². The number of aliphatic imine (C=N–C) groups is 1. The van der Waals surface area contributed by atoms with Crippen molar-refractivity contribution in [1.82, 2.24) is 4.90 Å². The van der Waals surface area contributed by atoms with E-state index < -0.39 is 5.54 Å². The predicted molar refractivity (Wildman–Crippen MR) is 91.0 cm³/mol. The zero-order valence-corrected chi connectivity index (χ0v) is 14.2. The maximum atomic E-state index is 13.2. The molecule has 0 atom stereocenters. The number of anilines is 1. The van der Waals surface area contributed by atoms with E-state index in [9.17, 15) is 9.59 Å². The van der Waals surface area contributed by atoms with E-state index in [1.54, 1.807) is 6.92 Å². The molecule has 0 N–H and O–H groups in total. The number of rotatable bonds is 1. The number of hydrogen-bond acceptors (Lipinski definition) is 4. The Labute approximate surface area is 137 Å². The number of imide groups is 1. The van der Waals surface area contributed by atoms with E-state index in [0.717, 1.165) is 29.9 Å². The first-order chi connectivity index (χ1) is 10.9. The second-order valence-electron chi connectivity index (χ2n) is 6.72.